The predicted molar refractivity (Wildman–Crippen MR) is 89.9 cm³/mol. The van der Waals surface area contributed by atoms with Crippen molar-refractivity contribution in [3.05, 3.63) is 39.9 Å². The van der Waals surface area contributed by atoms with Gasteiger partial charge in [-0.15, -0.1) is 0 Å². The molecular weight excluding hydrogens is 306 g/mol. The Bertz CT molecular complexity index is 645. The highest BCUT2D eigenvalue weighted by atomic mass is 16.6. The molecule has 128 valence electrons. The molecule has 2 saturated heterocycles. The van der Waals surface area contributed by atoms with Gasteiger partial charge in [-0.05, 0) is 44.6 Å². The van der Waals surface area contributed by atoms with Crippen molar-refractivity contribution in [1.82, 2.24) is 10.2 Å². The SMILES string of the molecule is O=C(NC1C[C@H]2CCC[C@@H](C1)N2C1CC1)c1cccc([N+](=O)[O-])c1. The van der Waals surface area contributed by atoms with Crippen LogP contribution < -0.4 is 5.32 Å². The molecule has 3 aliphatic rings. The van der Waals surface area contributed by atoms with Crippen molar-refractivity contribution in [2.45, 2.75) is 69.1 Å². The number of fused-ring (bicyclic) bond motifs is 2. The molecule has 1 aromatic rings. The zero-order valence-electron chi connectivity index (χ0n) is 13.7. The monoisotopic (exact) mass is 329 g/mol. The van der Waals surface area contributed by atoms with Gasteiger partial charge in [-0.2, -0.15) is 0 Å². The van der Waals surface area contributed by atoms with Gasteiger partial charge in [0.2, 0.25) is 0 Å². The van der Waals surface area contributed by atoms with E-state index in [1.165, 1.54) is 44.2 Å². The van der Waals surface area contributed by atoms with E-state index in [9.17, 15) is 14.9 Å². The van der Waals surface area contributed by atoms with E-state index in [1.54, 1.807) is 12.1 Å². The maximum absolute atomic E-state index is 12.5. The summed E-state index contributed by atoms with van der Waals surface area (Å²) in [6, 6.07) is 8.14. The lowest BCUT2D eigenvalue weighted by Crippen LogP contribution is -2.57. The summed E-state index contributed by atoms with van der Waals surface area (Å²) in [6.45, 7) is 0. The molecule has 1 saturated carbocycles. The Kier molecular flexibility index (Phi) is 4.00. The highest BCUT2D eigenvalue weighted by molar-refractivity contribution is 5.95. The van der Waals surface area contributed by atoms with E-state index in [0.29, 0.717) is 17.6 Å². The number of carbonyl (C=O) groups is 1. The largest absolute Gasteiger partial charge is 0.349 e. The molecule has 2 heterocycles. The van der Waals surface area contributed by atoms with Gasteiger partial charge in [-0.3, -0.25) is 19.8 Å². The number of non-ortho nitro benzene ring substituents is 1. The summed E-state index contributed by atoms with van der Waals surface area (Å²) in [5, 5.41) is 14.0. The van der Waals surface area contributed by atoms with Gasteiger partial charge in [0.25, 0.3) is 11.6 Å². The molecule has 1 unspecified atom stereocenters. The van der Waals surface area contributed by atoms with E-state index in [1.807, 2.05) is 0 Å². The maximum atomic E-state index is 12.5. The molecule has 24 heavy (non-hydrogen) atoms. The van der Waals surface area contributed by atoms with E-state index in [-0.39, 0.29) is 17.6 Å². The standard InChI is InChI=1S/C18H23N3O3/c22-18(12-3-1-6-17(9-12)21(23)24)19-13-10-15-4-2-5-16(11-13)20(15)14-7-8-14/h1,3,6,9,13-16H,2,4-5,7-8,10-11H2,(H,19,22)/t13?,15-,16+. The van der Waals surface area contributed by atoms with Gasteiger partial charge >= 0.3 is 0 Å². The molecule has 0 spiro atoms. The normalized spacial score (nSPS) is 29.9. The fourth-order valence-corrected chi connectivity index (χ4v) is 4.53. The summed E-state index contributed by atoms with van der Waals surface area (Å²) in [5.74, 6) is -0.193. The fourth-order valence-electron chi connectivity index (χ4n) is 4.53. The maximum Gasteiger partial charge on any atom is 0.270 e. The van der Waals surface area contributed by atoms with E-state index < -0.39 is 4.92 Å². The minimum Gasteiger partial charge on any atom is -0.349 e. The summed E-state index contributed by atoms with van der Waals surface area (Å²) < 4.78 is 0. The first-order chi connectivity index (χ1) is 11.6. The van der Waals surface area contributed by atoms with Crippen LogP contribution in [0.25, 0.3) is 0 Å². The zero-order valence-corrected chi connectivity index (χ0v) is 13.7. The lowest BCUT2D eigenvalue weighted by atomic mass is 9.81. The second kappa shape index (κ2) is 6.16. The van der Waals surface area contributed by atoms with Gasteiger partial charge in [0.05, 0.1) is 4.92 Å². The number of nitro benzene ring substituents is 1. The third-order valence-corrected chi connectivity index (χ3v) is 5.65. The first-order valence-electron chi connectivity index (χ1n) is 8.94. The number of hydrogen-bond acceptors (Lipinski definition) is 4. The molecule has 3 atom stereocenters. The Balaban J connectivity index is 1.43. The lowest BCUT2D eigenvalue weighted by Gasteiger charge is -2.49. The van der Waals surface area contributed by atoms with Crippen LogP contribution in [-0.2, 0) is 0 Å². The highest BCUT2D eigenvalue weighted by Crippen LogP contribution is 2.41. The summed E-state index contributed by atoms with van der Waals surface area (Å²) in [5.41, 5.74) is 0.335. The van der Waals surface area contributed by atoms with Crippen LogP contribution in [0.3, 0.4) is 0 Å². The first-order valence-corrected chi connectivity index (χ1v) is 8.94. The van der Waals surface area contributed by atoms with Crippen LogP contribution >= 0.6 is 0 Å². The molecule has 6 heteroatoms. The summed E-state index contributed by atoms with van der Waals surface area (Å²) in [6.07, 6.45) is 8.44. The number of nitro groups is 1. The number of nitrogens with one attached hydrogen (secondary N) is 1. The van der Waals surface area contributed by atoms with Crippen molar-refractivity contribution in [2.75, 3.05) is 0 Å². The smallest absolute Gasteiger partial charge is 0.270 e. The van der Waals surface area contributed by atoms with E-state index >= 15 is 0 Å². The number of hydrogen-bond donors (Lipinski definition) is 1. The summed E-state index contributed by atoms with van der Waals surface area (Å²) in [4.78, 5) is 25.6. The van der Waals surface area contributed by atoms with Crippen LogP contribution in [-0.4, -0.2) is 39.9 Å². The van der Waals surface area contributed by atoms with Crippen molar-refractivity contribution < 1.29 is 9.72 Å². The van der Waals surface area contributed by atoms with Crippen molar-refractivity contribution in [3.63, 3.8) is 0 Å². The molecule has 0 radical (unpaired) electrons. The Morgan fingerprint density at radius 2 is 1.83 bits per heavy atom. The molecule has 1 aliphatic carbocycles. The van der Waals surface area contributed by atoms with Crippen LogP contribution in [0, 0.1) is 10.1 Å². The fraction of sp³-hybridized carbons (Fsp3) is 0.611. The highest BCUT2D eigenvalue weighted by Gasteiger charge is 2.45. The van der Waals surface area contributed by atoms with Gasteiger partial charge in [0.15, 0.2) is 0 Å². The van der Waals surface area contributed by atoms with Crippen molar-refractivity contribution >= 4 is 11.6 Å². The van der Waals surface area contributed by atoms with Gasteiger partial charge < -0.3 is 5.32 Å². The van der Waals surface area contributed by atoms with Crippen LogP contribution in [0.15, 0.2) is 24.3 Å². The number of benzene rings is 1. The van der Waals surface area contributed by atoms with E-state index in [2.05, 4.69) is 10.2 Å². The number of piperidine rings is 2. The second-order valence-electron chi connectivity index (χ2n) is 7.37. The topological polar surface area (TPSA) is 75.5 Å². The average Bonchev–Trinajstić information content (AvgIpc) is 3.39. The molecule has 1 aromatic carbocycles. The van der Waals surface area contributed by atoms with Gasteiger partial charge in [0, 0.05) is 41.9 Å². The Labute approximate surface area is 141 Å². The summed E-state index contributed by atoms with van der Waals surface area (Å²) >= 11 is 0. The van der Waals surface area contributed by atoms with E-state index in [4.69, 9.17) is 0 Å². The third kappa shape index (κ3) is 3.02. The zero-order chi connectivity index (χ0) is 16.7. The number of nitrogens with zero attached hydrogens (tertiary/aromatic N) is 2. The molecular formula is C18H23N3O3. The molecule has 4 rings (SSSR count). The second-order valence-corrected chi connectivity index (χ2v) is 7.37. The molecule has 1 amide bonds. The van der Waals surface area contributed by atoms with Crippen molar-refractivity contribution in [1.29, 1.82) is 0 Å². The third-order valence-electron chi connectivity index (χ3n) is 5.65. The molecule has 2 bridgehead atoms. The quantitative estimate of drug-likeness (QED) is 0.681. The molecule has 0 aromatic heterocycles. The van der Waals surface area contributed by atoms with Crippen molar-refractivity contribution in [2.24, 2.45) is 0 Å². The van der Waals surface area contributed by atoms with E-state index in [0.717, 1.165) is 18.9 Å². The molecule has 3 fully saturated rings. The first kappa shape index (κ1) is 15.6. The minimum atomic E-state index is -0.463. The Morgan fingerprint density at radius 1 is 1.12 bits per heavy atom. The van der Waals surface area contributed by atoms with Crippen molar-refractivity contribution in [3.8, 4) is 0 Å². The lowest BCUT2D eigenvalue weighted by molar-refractivity contribution is -0.384. The van der Waals surface area contributed by atoms with Gasteiger partial charge in [-0.1, -0.05) is 12.5 Å². The summed E-state index contributed by atoms with van der Waals surface area (Å²) in [7, 11) is 0. The van der Waals surface area contributed by atoms with Crippen LogP contribution in [0.1, 0.15) is 55.3 Å². The average molecular weight is 329 g/mol. The minimum absolute atomic E-state index is 0.0388. The Morgan fingerprint density at radius 3 is 2.46 bits per heavy atom. The van der Waals surface area contributed by atoms with Crippen LogP contribution in [0.5, 0.6) is 0 Å². The molecule has 1 N–H and O–H groups in total. The Hall–Kier alpha value is -1.95. The van der Waals surface area contributed by atoms with Gasteiger partial charge in [0.1, 0.15) is 0 Å². The van der Waals surface area contributed by atoms with Crippen LogP contribution in [0.2, 0.25) is 0 Å². The molecule has 2 aliphatic heterocycles. The number of carbonyl (C=O) groups excluding carboxylic acids is 1. The van der Waals surface area contributed by atoms with Crippen LogP contribution in [0.4, 0.5) is 5.69 Å². The predicted octanol–water partition coefficient (Wildman–Crippen LogP) is 2.87. The number of rotatable bonds is 4. The number of amides is 1. The molecule has 6 nitrogen and oxygen atoms in total. The van der Waals surface area contributed by atoms with Gasteiger partial charge in [-0.25, -0.2) is 0 Å².